The van der Waals surface area contributed by atoms with Gasteiger partial charge in [0.2, 0.25) is 0 Å². The van der Waals surface area contributed by atoms with E-state index in [1.807, 2.05) is 0 Å². The molecular formula is C15H17BrClNO3. The third-order valence-corrected chi connectivity index (χ3v) is 5.00. The van der Waals surface area contributed by atoms with Crippen LogP contribution in [0.3, 0.4) is 0 Å². The van der Waals surface area contributed by atoms with Crippen LogP contribution in [0.15, 0.2) is 22.7 Å². The largest absolute Gasteiger partial charge is 0.469 e. The van der Waals surface area contributed by atoms with Crippen molar-refractivity contribution in [3.05, 3.63) is 33.3 Å². The Hall–Kier alpha value is -1.07. The second kappa shape index (κ2) is 7.27. The van der Waals surface area contributed by atoms with Crippen molar-refractivity contribution in [1.82, 2.24) is 4.90 Å². The van der Waals surface area contributed by atoms with Crippen molar-refractivity contribution >= 4 is 39.4 Å². The number of carbonyl (C=O) groups excluding carboxylic acids is 2. The molecule has 6 heteroatoms. The highest BCUT2D eigenvalue weighted by molar-refractivity contribution is 9.10. The van der Waals surface area contributed by atoms with Crippen LogP contribution in [0.5, 0.6) is 0 Å². The van der Waals surface area contributed by atoms with E-state index >= 15 is 0 Å². The van der Waals surface area contributed by atoms with E-state index in [4.69, 9.17) is 16.3 Å². The lowest BCUT2D eigenvalue weighted by atomic mass is 9.98. The first kappa shape index (κ1) is 16.3. The first-order chi connectivity index (χ1) is 10.0. The molecule has 0 aromatic heterocycles. The standard InChI is InChI=1S/C15H17BrClNO3/c1-21-13(19)9-10-5-2-3-8-18(10)15(20)11-6-4-7-12(16)14(11)17/h4,6-7,10H,2-3,5,8-9H2,1H3. The predicted octanol–water partition coefficient (Wildman–Crippen LogP) is 3.66. The topological polar surface area (TPSA) is 46.6 Å². The average molecular weight is 375 g/mol. The molecule has 0 spiro atoms. The highest BCUT2D eigenvalue weighted by Crippen LogP contribution is 2.29. The molecule has 0 saturated carbocycles. The van der Waals surface area contributed by atoms with E-state index in [0.29, 0.717) is 21.6 Å². The summed E-state index contributed by atoms with van der Waals surface area (Å²) in [6, 6.07) is 5.16. The number of benzene rings is 1. The minimum atomic E-state index is -0.292. The van der Waals surface area contributed by atoms with Gasteiger partial charge < -0.3 is 9.64 Å². The zero-order valence-corrected chi connectivity index (χ0v) is 14.1. The summed E-state index contributed by atoms with van der Waals surface area (Å²) in [5.41, 5.74) is 0.461. The summed E-state index contributed by atoms with van der Waals surface area (Å²) < 4.78 is 5.41. The number of hydrogen-bond donors (Lipinski definition) is 0. The average Bonchev–Trinajstić information content (AvgIpc) is 2.50. The Labute approximate surface area is 137 Å². The van der Waals surface area contributed by atoms with E-state index < -0.39 is 0 Å². The van der Waals surface area contributed by atoms with Gasteiger partial charge in [0.1, 0.15) is 0 Å². The third kappa shape index (κ3) is 3.77. The second-order valence-electron chi connectivity index (χ2n) is 5.03. The maximum absolute atomic E-state index is 12.7. The van der Waals surface area contributed by atoms with Gasteiger partial charge in [0.15, 0.2) is 0 Å². The summed E-state index contributed by atoms with van der Waals surface area (Å²) in [6.45, 7) is 0.642. The Bertz CT molecular complexity index is 550. The fourth-order valence-electron chi connectivity index (χ4n) is 2.58. The van der Waals surface area contributed by atoms with Crippen molar-refractivity contribution in [2.45, 2.75) is 31.7 Å². The number of amides is 1. The van der Waals surface area contributed by atoms with Gasteiger partial charge in [-0.1, -0.05) is 17.7 Å². The van der Waals surface area contributed by atoms with Gasteiger partial charge in [0, 0.05) is 17.1 Å². The van der Waals surface area contributed by atoms with Gasteiger partial charge >= 0.3 is 5.97 Å². The molecule has 1 aliphatic rings. The molecule has 114 valence electrons. The van der Waals surface area contributed by atoms with Crippen LogP contribution in [-0.2, 0) is 9.53 Å². The molecule has 1 amide bonds. The number of methoxy groups -OCH3 is 1. The minimum Gasteiger partial charge on any atom is -0.469 e. The van der Waals surface area contributed by atoms with Gasteiger partial charge in [-0.15, -0.1) is 0 Å². The van der Waals surface area contributed by atoms with Gasteiger partial charge in [0.05, 0.1) is 24.1 Å². The Morgan fingerprint density at radius 1 is 1.43 bits per heavy atom. The lowest BCUT2D eigenvalue weighted by Gasteiger charge is -2.35. The first-order valence-electron chi connectivity index (χ1n) is 6.86. The molecule has 1 saturated heterocycles. The molecule has 0 radical (unpaired) electrons. The lowest BCUT2D eigenvalue weighted by Crippen LogP contribution is -2.45. The molecule has 4 nitrogen and oxygen atoms in total. The number of rotatable bonds is 3. The molecule has 0 aliphatic carbocycles. The number of halogens is 2. The number of hydrogen-bond acceptors (Lipinski definition) is 3. The van der Waals surface area contributed by atoms with Crippen molar-refractivity contribution in [2.24, 2.45) is 0 Å². The molecule has 1 heterocycles. The quantitative estimate of drug-likeness (QED) is 0.759. The second-order valence-corrected chi connectivity index (χ2v) is 6.26. The Morgan fingerprint density at radius 2 is 2.19 bits per heavy atom. The Balaban J connectivity index is 2.22. The van der Waals surface area contributed by atoms with Gasteiger partial charge in [-0.05, 0) is 47.3 Å². The van der Waals surface area contributed by atoms with Crippen molar-refractivity contribution in [2.75, 3.05) is 13.7 Å². The van der Waals surface area contributed by atoms with Crippen molar-refractivity contribution in [3.8, 4) is 0 Å². The molecule has 1 atom stereocenters. The summed E-state index contributed by atoms with van der Waals surface area (Å²) in [5.74, 6) is -0.421. The summed E-state index contributed by atoms with van der Waals surface area (Å²) in [6.07, 6.45) is 2.99. The minimum absolute atomic E-state index is 0.117. The zero-order chi connectivity index (χ0) is 15.4. The highest BCUT2D eigenvalue weighted by atomic mass is 79.9. The number of ether oxygens (including phenoxy) is 1. The molecule has 21 heavy (non-hydrogen) atoms. The Kier molecular flexibility index (Phi) is 5.65. The number of carbonyl (C=O) groups is 2. The summed E-state index contributed by atoms with van der Waals surface area (Å²) in [7, 11) is 1.36. The summed E-state index contributed by atoms with van der Waals surface area (Å²) in [4.78, 5) is 26.0. The molecule has 1 aliphatic heterocycles. The molecular weight excluding hydrogens is 358 g/mol. The zero-order valence-electron chi connectivity index (χ0n) is 11.8. The van der Waals surface area contributed by atoms with Crippen LogP contribution < -0.4 is 0 Å². The molecule has 1 aromatic rings. The van der Waals surface area contributed by atoms with Crippen molar-refractivity contribution in [3.63, 3.8) is 0 Å². The predicted molar refractivity (Wildman–Crippen MR) is 84.5 cm³/mol. The van der Waals surface area contributed by atoms with Gasteiger partial charge in [-0.25, -0.2) is 0 Å². The fraction of sp³-hybridized carbons (Fsp3) is 0.467. The fourth-order valence-corrected chi connectivity index (χ4v) is 3.15. The smallest absolute Gasteiger partial charge is 0.307 e. The number of likely N-dealkylation sites (tertiary alicyclic amines) is 1. The number of piperidine rings is 1. The first-order valence-corrected chi connectivity index (χ1v) is 8.03. The van der Waals surface area contributed by atoms with E-state index in [1.165, 1.54) is 7.11 Å². The molecule has 2 rings (SSSR count). The van der Waals surface area contributed by atoms with E-state index in [2.05, 4.69) is 15.9 Å². The molecule has 0 bridgehead atoms. The molecule has 1 unspecified atom stereocenters. The van der Waals surface area contributed by atoms with Gasteiger partial charge in [-0.2, -0.15) is 0 Å². The third-order valence-electron chi connectivity index (χ3n) is 3.70. The van der Waals surface area contributed by atoms with E-state index in [0.717, 1.165) is 19.3 Å². The normalized spacial score (nSPS) is 18.4. The summed E-state index contributed by atoms with van der Waals surface area (Å²) in [5, 5.41) is 0.407. The van der Waals surface area contributed by atoms with E-state index in [1.54, 1.807) is 23.1 Å². The number of esters is 1. The molecule has 1 fully saturated rings. The maximum atomic E-state index is 12.7. The van der Waals surface area contributed by atoms with Gasteiger partial charge in [-0.3, -0.25) is 9.59 Å². The molecule has 0 N–H and O–H groups in total. The van der Waals surface area contributed by atoms with Crippen molar-refractivity contribution < 1.29 is 14.3 Å². The van der Waals surface area contributed by atoms with Crippen LogP contribution in [0.2, 0.25) is 5.02 Å². The van der Waals surface area contributed by atoms with Crippen LogP contribution >= 0.6 is 27.5 Å². The highest BCUT2D eigenvalue weighted by Gasteiger charge is 2.30. The molecule has 1 aromatic carbocycles. The Morgan fingerprint density at radius 3 is 2.90 bits per heavy atom. The monoisotopic (exact) mass is 373 g/mol. The van der Waals surface area contributed by atoms with E-state index in [-0.39, 0.29) is 24.3 Å². The van der Waals surface area contributed by atoms with Crippen molar-refractivity contribution in [1.29, 1.82) is 0 Å². The van der Waals surface area contributed by atoms with Crippen LogP contribution in [0.4, 0.5) is 0 Å². The van der Waals surface area contributed by atoms with Crippen LogP contribution in [0.1, 0.15) is 36.0 Å². The van der Waals surface area contributed by atoms with Crippen LogP contribution in [0.25, 0.3) is 0 Å². The van der Waals surface area contributed by atoms with Crippen LogP contribution in [-0.4, -0.2) is 36.5 Å². The SMILES string of the molecule is COC(=O)CC1CCCCN1C(=O)c1cccc(Br)c1Cl. The van der Waals surface area contributed by atoms with Crippen LogP contribution in [0, 0.1) is 0 Å². The lowest BCUT2D eigenvalue weighted by molar-refractivity contribution is -0.142. The van der Waals surface area contributed by atoms with Gasteiger partial charge in [0.25, 0.3) is 5.91 Å². The summed E-state index contributed by atoms with van der Waals surface area (Å²) >= 11 is 9.53. The maximum Gasteiger partial charge on any atom is 0.307 e. The van der Waals surface area contributed by atoms with E-state index in [9.17, 15) is 9.59 Å². The number of nitrogens with zero attached hydrogens (tertiary/aromatic N) is 1.